The van der Waals surface area contributed by atoms with Crippen LogP contribution in [0.3, 0.4) is 0 Å². The number of imidazole rings is 1. The molecule has 2 aliphatic heterocycles. The van der Waals surface area contributed by atoms with Crippen LogP contribution in [0, 0.1) is 0 Å². The van der Waals surface area contributed by atoms with E-state index in [0.717, 1.165) is 5.69 Å². The van der Waals surface area contributed by atoms with Crippen LogP contribution in [0.2, 0.25) is 0 Å². The van der Waals surface area contributed by atoms with Gasteiger partial charge in [0.25, 0.3) is 0 Å². The third-order valence-electron chi connectivity index (χ3n) is 5.43. The molecule has 10 heteroatoms. The maximum Gasteiger partial charge on any atom is 0.336 e. The van der Waals surface area contributed by atoms with Crippen LogP contribution in [0.15, 0.2) is 43.1 Å². The van der Waals surface area contributed by atoms with Crippen molar-refractivity contribution in [2.45, 2.75) is 43.4 Å². The first kappa shape index (κ1) is 17.9. The monoisotopic (exact) mass is 400 g/mol. The maximum absolute atomic E-state index is 14.5. The zero-order chi connectivity index (χ0) is 20.0. The van der Waals surface area contributed by atoms with Gasteiger partial charge in [0.05, 0.1) is 18.2 Å². The van der Waals surface area contributed by atoms with Gasteiger partial charge in [-0.15, -0.1) is 5.10 Å². The highest BCUT2D eigenvalue weighted by Gasteiger charge is 2.48. The van der Waals surface area contributed by atoms with Gasteiger partial charge >= 0.3 is 6.01 Å². The number of phenols is 1. The average Bonchev–Trinajstić information content (AvgIpc) is 3.36. The van der Waals surface area contributed by atoms with E-state index in [4.69, 9.17) is 4.74 Å². The van der Waals surface area contributed by atoms with Crippen LogP contribution in [-0.4, -0.2) is 60.4 Å². The summed E-state index contributed by atoms with van der Waals surface area (Å²) in [6.45, 7) is 0. The number of hydrogen-bond donors (Lipinski definition) is 2. The van der Waals surface area contributed by atoms with Crippen LogP contribution in [0.1, 0.15) is 12.8 Å². The summed E-state index contributed by atoms with van der Waals surface area (Å²) in [4.78, 5) is 8.06. The Hall–Kier alpha value is -3.14. The summed E-state index contributed by atoms with van der Waals surface area (Å²) in [6.07, 6.45) is 3.56. The highest BCUT2D eigenvalue weighted by atomic mass is 19.1. The van der Waals surface area contributed by atoms with Crippen molar-refractivity contribution < 1.29 is 18.6 Å². The third kappa shape index (κ3) is 3.29. The van der Waals surface area contributed by atoms with Gasteiger partial charge in [0, 0.05) is 42.5 Å². The standard InChI is InChI=1S/C19H18F2N6O2/c20-12-6-14-18(21)17(7-13(12)24-14)29-19-23-8-15(25-26-19)11-2-1-10(5-16(11)28)27-4-3-22-9-27/h1-5,8-9,12-14,17-18,24,28H,6-7H2/t12-,13?,14?,17+,18+/m0/s1. The molecule has 8 nitrogen and oxygen atoms in total. The van der Waals surface area contributed by atoms with E-state index in [-0.39, 0.29) is 24.6 Å². The number of phenolic OH excluding ortho intramolecular Hbond substituents is 1. The molecule has 29 heavy (non-hydrogen) atoms. The van der Waals surface area contributed by atoms with Gasteiger partial charge < -0.3 is 19.7 Å². The number of ether oxygens (including phenoxy) is 1. The fourth-order valence-electron chi connectivity index (χ4n) is 3.93. The molecule has 2 unspecified atom stereocenters. The molecule has 1 aromatic carbocycles. The molecule has 2 bridgehead atoms. The largest absolute Gasteiger partial charge is 0.507 e. The third-order valence-corrected chi connectivity index (χ3v) is 5.43. The second kappa shape index (κ2) is 7.03. The molecule has 2 aliphatic rings. The van der Waals surface area contributed by atoms with Gasteiger partial charge in [-0.25, -0.2) is 18.7 Å². The lowest BCUT2D eigenvalue weighted by Crippen LogP contribution is -2.52. The van der Waals surface area contributed by atoms with Crippen LogP contribution in [0.25, 0.3) is 16.9 Å². The van der Waals surface area contributed by atoms with Crippen molar-refractivity contribution >= 4 is 0 Å². The van der Waals surface area contributed by atoms with Crippen molar-refractivity contribution in [3.05, 3.63) is 43.1 Å². The number of nitrogens with zero attached hydrogens (tertiary/aromatic N) is 5. The molecule has 2 aromatic heterocycles. The summed E-state index contributed by atoms with van der Waals surface area (Å²) in [5, 5.41) is 21.2. The molecular formula is C19H18F2N6O2. The van der Waals surface area contributed by atoms with Gasteiger partial charge in [-0.2, -0.15) is 0 Å². The molecule has 0 aliphatic carbocycles. The van der Waals surface area contributed by atoms with E-state index >= 15 is 0 Å². The van der Waals surface area contributed by atoms with Gasteiger partial charge in [-0.1, -0.05) is 5.10 Å². The number of hydrogen-bond acceptors (Lipinski definition) is 7. The number of fused-ring (bicyclic) bond motifs is 2. The minimum Gasteiger partial charge on any atom is -0.507 e. The molecule has 5 rings (SSSR count). The number of nitrogens with one attached hydrogen (secondary N) is 1. The van der Waals surface area contributed by atoms with Crippen LogP contribution >= 0.6 is 0 Å². The number of alkyl halides is 2. The smallest absolute Gasteiger partial charge is 0.336 e. The average molecular weight is 400 g/mol. The highest BCUT2D eigenvalue weighted by Crippen LogP contribution is 2.33. The van der Waals surface area contributed by atoms with Crippen LogP contribution in [0.5, 0.6) is 11.8 Å². The molecule has 0 spiro atoms. The van der Waals surface area contributed by atoms with E-state index in [1.165, 1.54) is 6.20 Å². The van der Waals surface area contributed by atoms with Crippen molar-refractivity contribution in [2.75, 3.05) is 0 Å². The van der Waals surface area contributed by atoms with E-state index in [1.54, 1.807) is 41.5 Å². The molecule has 150 valence electrons. The molecule has 5 atom stereocenters. The first-order valence-electron chi connectivity index (χ1n) is 9.31. The lowest BCUT2D eigenvalue weighted by atomic mass is 10.0. The van der Waals surface area contributed by atoms with E-state index in [9.17, 15) is 13.9 Å². The number of aromatic nitrogens is 5. The summed E-state index contributed by atoms with van der Waals surface area (Å²) >= 11 is 0. The fourth-order valence-corrected chi connectivity index (χ4v) is 3.93. The topological polar surface area (TPSA) is 98.0 Å². The molecule has 2 fully saturated rings. The van der Waals surface area contributed by atoms with E-state index in [1.807, 2.05) is 0 Å². The molecule has 2 saturated heterocycles. The molecular weight excluding hydrogens is 382 g/mol. The zero-order valence-corrected chi connectivity index (χ0v) is 15.2. The van der Waals surface area contributed by atoms with E-state index in [0.29, 0.717) is 11.3 Å². The molecule has 4 heterocycles. The quantitative estimate of drug-likeness (QED) is 0.691. The van der Waals surface area contributed by atoms with Crippen molar-refractivity contribution in [1.29, 1.82) is 0 Å². The summed E-state index contributed by atoms with van der Waals surface area (Å²) in [5.41, 5.74) is 1.53. The predicted octanol–water partition coefficient (Wildman–Crippen LogP) is 1.99. The Morgan fingerprint density at radius 3 is 2.79 bits per heavy atom. The predicted molar refractivity (Wildman–Crippen MR) is 98.2 cm³/mol. The van der Waals surface area contributed by atoms with Crippen LogP contribution in [0.4, 0.5) is 8.78 Å². The molecule has 3 aromatic rings. The number of rotatable bonds is 4. The Morgan fingerprint density at radius 1 is 1.17 bits per heavy atom. The fraction of sp³-hybridized carbons (Fsp3) is 0.368. The Morgan fingerprint density at radius 2 is 2.07 bits per heavy atom. The van der Waals surface area contributed by atoms with Crippen molar-refractivity contribution in [3.8, 4) is 28.7 Å². The lowest BCUT2D eigenvalue weighted by molar-refractivity contribution is 0.0366. The van der Waals surface area contributed by atoms with Gasteiger partial charge in [-0.05, 0) is 18.6 Å². The van der Waals surface area contributed by atoms with Gasteiger partial charge in [0.2, 0.25) is 0 Å². The summed E-state index contributed by atoms with van der Waals surface area (Å²) in [5.74, 6) is 0.00806. The highest BCUT2D eigenvalue weighted by molar-refractivity contribution is 5.67. The minimum atomic E-state index is -1.34. The Labute approximate surface area is 164 Å². The molecule has 0 amide bonds. The number of halogens is 2. The lowest BCUT2D eigenvalue weighted by Gasteiger charge is -2.31. The summed E-state index contributed by atoms with van der Waals surface area (Å²) < 4.78 is 35.6. The molecule has 0 radical (unpaired) electrons. The number of piperidine rings is 1. The zero-order valence-electron chi connectivity index (χ0n) is 15.2. The van der Waals surface area contributed by atoms with Gasteiger partial charge in [0.15, 0.2) is 6.17 Å². The SMILES string of the molecule is Oc1cc(-n2ccnc2)ccc1-c1cnc(O[C@@H]2CC3NC(C[C@@H]3F)[C@H]2F)nn1. The summed E-state index contributed by atoms with van der Waals surface area (Å²) in [6, 6.07) is 4.04. The number of aromatic hydroxyl groups is 1. The van der Waals surface area contributed by atoms with Gasteiger partial charge in [0.1, 0.15) is 23.7 Å². The van der Waals surface area contributed by atoms with Crippen LogP contribution in [-0.2, 0) is 0 Å². The van der Waals surface area contributed by atoms with E-state index in [2.05, 4.69) is 25.5 Å². The van der Waals surface area contributed by atoms with E-state index < -0.39 is 30.5 Å². The maximum atomic E-state index is 14.5. The first-order chi connectivity index (χ1) is 14.1. The second-order valence-electron chi connectivity index (χ2n) is 7.27. The Bertz CT molecular complexity index is 998. The first-order valence-corrected chi connectivity index (χ1v) is 9.31. The minimum absolute atomic E-state index is 0.00806. The van der Waals surface area contributed by atoms with Crippen molar-refractivity contribution in [1.82, 2.24) is 30.0 Å². The Kier molecular flexibility index (Phi) is 4.35. The second-order valence-corrected chi connectivity index (χ2v) is 7.27. The van der Waals surface area contributed by atoms with Gasteiger partial charge in [-0.3, -0.25) is 0 Å². The summed E-state index contributed by atoms with van der Waals surface area (Å²) in [7, 11) is 0. The van der Waals surface area contributed by atoms with Crippen molar-refractivity contribution in [2.24, 2.45) is 0 Å². The molecule has 2 N–H and O–H groups in total. The van der Waals surface area contributed by atoms with Crippen molar-refractivity contribution in [3.63, 3.8) is 0 Å². The normalized spacial score (nSPS) is 28.4. The molecule has 0 saturated carbocycles. The Balaban J connectivity index is 1.32. The number of benzene rings is 1. The van der Waals surface area contributed by atoms with Crippen LogP contribution < -0.4 is 10.1 Å².